The third-order valence-corrected chi connectivity index (χ3v) is 4.83. The summed E-state index contributed by atoms with van der Waals surface area (Å²) in [6, 6.07) is 9.22. The number of hydrogen-bond acceptors (Lipinski definition) is 7. The Morgan fingerprint density at radius 3 is 2.67 bits per heavy atom. The third-order valence-electron chi connectivity index (χ3n) is 4.83. The quantitative estimate of drug-likeness (QED) is 0.670. The van der Waals surface area contributed by atoms with Gasteiger partial charge in [-0.15, -0.1) is 0 Å². The highest BCUT2D eigenvalue weighted by atomic mass is 19.1. The number of piperidine rings is 1. The summed E-state index contributed by atoms with van der Waals surface area (Å²) >= 11 is 0. The van der Waals surface area contributed by atoms with E-state index < -0.39 is 0 Å². The summed E-state index contributed by atoms with van der Waals surface area (Å²) in [6.45, 7) is 1.15. The molecule has 9 heteroatoms. The van der Waals surface area contributed by atoms with Gasteiger partial charge in [0.05, 0.1) is 5.69 Å². The second-order valence-electron chi connectivity index (χ2n) is 6.92. The van der Waals surface area contributed by atoms with E-state index >= 15 is 0 Å². The fourth-order valence-electron chi connectivity index (χ4n) is 3.34. The van der Waals surface area contributed by atoms with E-state index in [4.69, 9.17) is 4.74 Å². The predicted octanol–water partition coefficient (Wildman–Crippen LogP) is 2.93. The van der Waals surface area contributed by atoms with E-state index in [-0.39, 0.29) is 24.2 Å². The number of ether oxygens (including phenoxy) is 1. The highest BCUT2D eigenvalue weighted by Crippen LogP contribution is 2.26. The maximum atomic E-state index is 13.0. The highest BCUT2D eigenvalue weighted by Gasteiger charge is 2.26. The molecule has 1 aromatic carbocycles. The van der Waals surface area contributed by atoms with Crippen LogP contribution in [-0.4, -0.2) is 50.4 Å². The maximum Gasteiger partial charge on any atom is 0.260 e. The zero-order valence-electron chi connectivity index (χ0n) is 16.2. The van der Waals surface area contributed by atoms with Gasteiger partial charge in [-0.05, 0) is 49.2 Å². The van der Waals surface area contributed by atoms with E-state index in [9.17, 15) is 9.18 Å². The highest BCUT2D eigenvalue weighted by molar-refractivity contribution is 5.78. The molecule has 0 unspecified atom stereocenters. The summed E-state index contributed by atoms with van der Waals surface area (Å²) < 4.78 is 18.5. The monoisotopic (exact) mass is 408 g/mol. The summed E-state index contributed by atoms with van der Waals surface area (Å²) in [5, 5.41) is 2.99. The number of carbonyl (C=O) groups is 1. The van der Waals surface area contributed by atoms with E-state index in [1.165, 1.54) is 24.3 Å². The van der Waals surface area contributed by atoms with Crippen molar-refractivity contribution in [2.75, 3.05) is 25.0 Å². The first kappa shape index (κ1) is 19.7. The number of likely N-dealkylation sites (tertiary alicyclic amines) is 1. The zero-order chi connectivity index (χ0) is 20.8. The van der Waals surface area contributed by atoms with Crippen molar-refractivity contribution in [1.82, 2.24) is 24.8 Å². The molecule has 1 atom stereocenters. The van der Waals surface area contributed by atoms with Crippen LogP contribution in [0.5, 0.6) is 5.75 Å². The molecular formula is C21H21FN6O2. The van der Waals surface area contributed by atoms with Gasteiger partial charge in [-0.25, -0.2) is 24.3 Å². The Morgan fingerprint density at radius 2 is 1.87 bits per heavy atom. The summed E-state index contributed by atoms with van der Waals surface area (Å²) in [5.74, 6) is 0.968. The molecule has 0 aliphatic carbocycles. The van der Waals surface area contributed by atoms with Crippen LogP contribution in [0.1, 0.15) is 24.5 Å². The lowest BCUT2D eigenvalue weighted by molar-refractivity contribution is -0.134. The Balaban J connectivity index is 1.36. The number of amides is 1. The molecule has 1 amide bonds. The molecule has 30 heavy (non-hydrogen) atoms. The molecule has 4 rings (SSSR count). The smallest absolute Gasteiger partial charge is 0.260 e. The zero-order valence-corrected chi connectivity index (χ0v) is 16.2. The van der Waals surface area contributed by atoms with Gasteiger partial charge in [0.2, 0.25) is 11.9 Å². The number of nitrogens with one attached hydrogen (secondary N) is 1. The fourth-order valence-corrected chi connectivity index (χ4v) is 3.34. The van der Waals surface area contributed by atoms with Crippen LogP contribution in [-0.2, 0) is 4.79 Å². The van der Waals surface area contributed by atoms with E-state index in [1.807, 2.05) is 6.07 Å². The first-order chi connectivity index (χ1) is 14.7. The molecule has 2 aromatic heterocycles. The van der Waals surface area contributed by atoms with Crippen molar-refractivity contribution in [3.8, 4) is 5.75 Å². The van der Waals surface area contributed by atoms with Gasteiger partial charge >= 0.3 is 0 Å². The van der Waals surface area contributed by atoms with Crippen molar-refractivity contribution in [3.05, 3.63) is 66.5 Å². The standard InChI is InChI=1S/C21H21FN6O2/c22-16-4-6-17(7-5-16)30-14-19(29)28-12-1-3-15(13-28)18-8-11-25-21(26-18)27-20-23-9-2-10-24-20/h2,4-11,15H,1,3,12-14H2,(H,23,24,25,26,27)/t15-/m1/s1. The van der Waals surface area contributed by atoms with Gasteiger partial charge in [-0.2, -0.15) is 0 Å². The Hall–Kier alpha value is -3.62. The summed E-state index contributed by atoms with van der Waals surface area (Å²) in [7, 11) is 0. The van der Waals surface area contributed by atoms with Crippen LogP contribution in [0.4, 0.5) is 16.3 Å². The van der Waals surface area contributed by atoms with Crippen LogP contribution >= 0.6 is 0 Å². The molecule has 1 saturated heterocycles. The lowest BCUT2D eigenvalue weighted by Crippen LogP contribution is -2.41. The first-order valence-corrected chi connectivity index (χ1v) is 9.70. The van der Waals surface area contributed by atoms with Crippen molar-refractivity contribution in [2.45, 2.75) is 18.8 Å². The molecule has 0 spiro atoms. The molecule has 1 N–H and O–H groups in total. The molecule has 0 bridgehead atoms. The van der Waals surface area contributed by atoms with E-state index in [0.29, 0.717) is 30.7 Å². The van der Waals surface area contributed by atoms with E-state index in [0.717, 1.165) is 18.5 Å². The van der Waals surface area contributed by atoms with Crippen LogP contribution in [0.25, 0.3) is 0 Å². The Kier molecular flexibility index (Phi) is 6.07. The Labute approximate surface area is 173 Å². The SMILES string of the molecule is O=C(COc1ccc(F)cc1)N1CCC[C@@H](c2ccnc(Nc3ncccn3)n2)C1. The van der Waals surface area contributed by atoms with Gasteiger partial charge in [-0.3, -0.25) is 10.1 Å². The van der Waals surface area contributed by atoms with E-state index in [2.05, 4.69) is 25.3 Å². The summed E-state index contributed by atoms with van der Waals surface area (Å²) in [5.41, 5.74) is 0.861. The van der Waals surface area contributed by atoms with Crippen LogP contribution in [0, 0.1) is 5.82 Å². The number of halogens is 1. The number of anilines is 2. The molecule has 1 aliphatic rings. The lowest BCUT2D eigenvalue weighted by atomic mass is 9.94. The summed E-state index contributed by atoms with van der Waals surface area (Å²) in [6.07, 6.45) is 6.77. The summed E-state index contributed by atoms with van der Waals surface area (Å²) in [4.78, 5) is 31.4. The molecule has 1 aliphatic heterocycles. The minimum Gasteiger partial charge on any atom is -0.484 e. The Bertz CT molecular complexity index is 986. The largest absolute Gasteiger partial charge is 0.484 e. The topological polar surface area (TPSA) is 93.1 Å². The maximum absolute atomic E-state index is 13.0. The molecular weight excluding hydrogens is 387 g/mol. The normalized spacial score (nSPS) is 16.2. The first-order valence-electron chi connectivity index (χ1n) is 9.70. The average Bonchev–Trinajstić information content (AvgIpc) is 2.79. The number of carbonyl (C=O) groups excluding carboxylic acids is 1. The van der Waals surface area contributed by atoms with Gasteiger partial charge in [-0.1, -0.05) is 0 Å². The fraction of sp³-hybridized carbons (Fsp3) is 0.286. The molecule has 8 nitrogen and oxygen atoms in total. The van der Waals surface area contributed by atoms with Crippen LogP contribution in [0.3, 0.4) is 0 Å². The molecule has 154 valence electrons. The lowest BCUT2D eigenvalue weighted by Gasteiger charge is -2.32. The van der Waals surface area contributed by atoms with E-state index in [1.54, 1.807) is 29.6 Å². The number of aromatic nitrogens is 4. The third kappa shape index (κ3) is 5.05. The number of hydrogen-bond donors (Lipinski definition) is 1. The number of rotatable bonds is 6. The molecule has 3 aromatic rings. The molecule has 0 saturated carbocycles. The minimum absolute atomic E-state index is 0.0831. The van der Waals surface area contributed by atoms with Crippen LogP contribution < -0.4 is 10.1 Å². The van der Waals surface area contributed by atoms with Gasteiger partial charge in [0.25, 0.3) is 5.91 Å². The second-order valence-corrected chi connectivity index (χ2v) is 6.92. The van der Waals surface area contributed by atoms with Gasteiger partial charge < -0.3 is 9.64 Å². The van der Waals surface area contributed by atoms with Crippen molar-refractivity contribution in [3.63, 3.8) is 0 Å². The molecule has 3 heterocycles. The molecule has 1 fully saturated rings. The van der Waals surface area contributed by atoms with Gasteiger partial charge in [0.15, 0.2) is 6.61 Å². The van der Waals surface area contributed by atoms with Crippen molar-refractivity contribution in [1.29, 1.82) is 0 Å². The second kappa shape index (κ2) is 9.25. The number of benzene rings is 1. The van der Waals surface area contributed by atoms with Crippen molar-refractivity contribution in [2.24, 2.45) is 0 Å². The predicted molar refractivity (Wildman–Crippen MR) is 108 cm³/mol. The number of nitrogens with zero attached hydrogens (tertiary/aromatic N) is 5. The van der Waals surface area contributed by atoms with Crippen molar-refractivity contribution >= 4 is 17.8 Å². The van der Waals surface area contributed by atoms with Gasteiger partial charge in [0, 0.05) is 37.6 Å². The average molecular weight is 408 g/mol. The molecule has 0 radical (unpaired) electrons. The van der Waals surface area contributed by atoms with Crippen molar-refractivity contribution < 1.29 is 13.9 Å². The van der Waals surface area contributed by atoms with Gasteiger partial charge in [0.1, 0.15) is 11.6 Å². The Morgan fingerprint density at radius 1 is 1.10 bits per heavy atom. The van der Waals surface area contributed by atoms with Crippen LogP contribution in [0.15, 0.2) is 55.0 Å². The minimum atomic E-state index is -0.343. The van der Waals surface area contributed by atoms with Crippen LogP contribution in [0.2, 0.25) is 0 Å².